The molecule has 4 rings (SSSR count). The van der Waals surface area contributed by atoms with Crippen molar-refractivity contribution < 1.29 is 32.6 Å². The van der Waals surface area contributed by atoms with Crippen LogP contribution in [-0.2, 0) is 4.79 Å². The standard InChI is InChI=1S/C27H28F3NO4S/c1-15(2)31(25(32)18-9-7-16(3)8-10-18)22-21-6-4-5-20(23(21)36-24(22)26(33)34)17-11-13-19(14-12-17)35-27(28,29)30/h4-6,11-16,18H,7-10H2,1-3H3,(H,33,34). The van der Waals surface area contributed by atoms with Gasteiger partial charge in [0.1, 0.15) is 10.6 Å². The van der Waals surface area contributed by atoms with Gasteiger partial charge in [0.2, 0.25) is 5.91 Å². The molecule has 3 aromatic rings. The highest BCUT2D eigenvalue weighted by molar-refractivity contribution is 7.22. The zero-order valence-corrected chi connectivity index (χ0v) is 21.1. The molecule has 1 aliphatic carbocycles. The zero-order chi connectivity index (χ0) is 26.2. The Labute approximate surface area is 211 Å². The Morgan fingerprint density at radius 2 is 1.69 bits per heavy atom. The van der Waals surface area contributed by atoms with Crippen molar-refractivity contribution in [3.05, 3.63) is 47.3 Å². The smallest absolute Gasteiger partial charge is 0.477 e. The van der Waals surface area contributed by atoms with Crippen molar-refractivity contribution in [1.82, 2.24) is 0 Å². The highest BCUT2D eigenvalue weighted by atomic mass is 32.1. The van der Waals surface area contributed by atoms with Gasteiger partial charge in [0, 0.05) is 22.0 Å². The summed E-state index contributed by atoms with van der Waals surface area (Å²) in [4.78, 5) is 27.7. The molecule has 192 valence electrons. The Hall–Kier alpha value is -3.07. The highest BCUT2D eigenvalue weighted by Crippen LogP contribution is 2.45. The fourth-order valence-corrected chi connectivity index (χ4v) is 6.05. The van der Waals surface area contributed by atoms with Gasteiger partial charge in [-0.15, -0.1) is 24.5 Å². The molecule has 0 atom stereocenters. The number of carbonyl (C=O) groups excluding carboxylic acids is 1. The van der Waals surface area contributed by atoms with Crippen LogP contribution in [0, 0.1) is 11.8 Å². The quantitative estimate of drug-likeness (QED) is 0.362. The van der Waals surface area contributed by atoms with Crippen molar-refractivity contribution in [2.24, 2.45) is 11.8 Å². The van der Waals surface area contributed by atoms with Gasteiger partial charge in [0.25, 0.3) is 0 Å². The first-order valence-electron chi connectivity index (χ1n) is 11.9. The predicted molar refractivity (Wildman–Crippen MR) is 135 cm³/mol. The van der Waals surface area contributed by atoms with Gasteiger partial charge in [-0.1, -0.05) is 37.3 Å². The first-order chi connectivity index (χ1) is 17.0. The molecule has 1 amide bonds. The van der Waals surface area contributed by atoms with E-state index < -0.39 is 12.3 Å². The van der Waals surface area contributed by atoms with Crippen molar-refractivity contribution in [3.8, 4) is 16.9 Å². The maximum atomic E-state index is 13.7. The number of fused-ring (bicyclic) bond motifs is 1. The van der Waals surface area contributed by atoms with Crippen LogP contribution in [0.25, 0.3) is 21.2 Å². The molecule has 5 nitrogen and oxygen atoms in total. The molecule has 0 saturated heterocycles. The first kappa shape index (κ1) is 26.0. The highest BCUT2D eigenvalue weighted by Gasteiger charge is 2.35. The van der Waals surface area contributed by atoms with E-state index in [-0.39, 0.29) is 28.5 Å². The van der Waals surface area contributed by atoms with Crippen LogP contribution in [0.2, 0.25) is 0 Å². The van der Waals surface area contributed by atoms with Crippen LogP contribution >= 0.6 is 11.3 Å². The number of carboxylic acids is 1. The van der Waals surface area contributed by atoms with Gasteiger partial charge in [0.05, 0.1) is 5.69 Å². The summed E-state index contributed by atoms with van der Waals surface area (Å²) in [5.41, 5.74) is 1.68. The van der Waals surface area contributed by atoms with Gasteiger partial charge in [-0.25, -0.2) is 4.79 Å². The van der Waals surface area contributed by atoms with E-state index in [1.165, 1.54) is 24.3 Å². The van der Waals surface area contributed by atoms with Gasteiger partial charge in [0.15, 0.2) is 0 Å². The summed E-state index contributed by atoms with van der Waals surface area (Å²) >= 11 is 1.07. The summed E-state index contributed by atoms with van der Waals surface area (Å²) in [6.07, 6.45) is -1.28. The van der Waals surface area contributed by atoms with Gasteiger partial charge < -0.3 is 14.7 Å². The van der Waals surface area contributed by atoms with Crippen LogP contribution in [-0.4, -0.2) is 29.4 Å². The second-order valence-electron chi connectivity index (χ2n) is 9.60. The Balaban J connectivity index is 1.80. The molecule has 1 aromatic heterocycles. The van der Waals surface area contributed by atoms with E-state index in [0.29, 0.717) is 32.8 Å². The molecule has 0 unspecified atom stereocenters. The summed E-state index contributed by atoms with van der Waals surface area (Å²) < 4.78 is 42.3. The summed E-state index contributed by atoms with van der Waals surface area (Å²) in [6, 6.07) is 10.6. The lowest BCUT2D eigenvalue weighted by atomic mass is 9.82. The lowest BCUT2D eigenvalue weighted by Crippen LogP contribution is -2.42. The van der Waals surface area contributed by atoms with Crippen molar-refractivity contribution in [3.63, 3.8) is 0 Å². The summed E-state index contributed by atoms with van der Waals surface area (Å²) in [6.45, 7) is 5.93. The molecule has 0 spiro atoms. The van der Waals surface area contributed by atoms with Crippen LogP contribution in [0.5, 0.6) is 5.75 Å². The molecular weight excluding hydrogens is 491 g/mol. The number of halogens is 3. The Kier molecular flexibility index (Phi) is 7.31. The molecule has 36 heavy (non-hydrogen) atoms. The molecule has 1 saturated carbocycles. The van der Waals surface area contributed by atoms with E-state index in [1.807, 2.05) is 13.8 Å². The molecule has 0 bridgehead atoms. The number of anilines is 1. The molecule has 1 N–H and O–H groups in total. The number of nitrogens with zero attached hydrogens (tertiary/aromatic N) is 1. The number of amides is 1. The summed E-state index contributed by atoms with van der Waals surface area (Å²) in [7, 11) is 0. The number of benzene rings is 2. The third kappa shape index (κ3) is 5.36. The van der Waals surface area contributed by atoms with E-state index in [0.717, 1.165) is 37.0 Å². The van der Waals surface area contributed by atoms with E-state index >= 15 is 0 Å². The minimum atomic E-state index is -4.79. The average Bonchev–Trinajstić information content (AvgIpc) is 3.19. The first-order valence-corrected chi connectivity index (χ1v) is 12.8. The number of hydrogen-bond donors (Lipinski definition) is 1. The Morgan fingerprint density at radius 3 is 2.25 bits per heavy atom. The van der Waals surface area contributed by atoms with Crippen molar-refractivity contribution >= 4 is 39.0 Å². The van der Waals surface area contributed by atoms with Crippen LogP contribution < -0.4 is 9.64 Å². The summed E-state index contributed by atoms with van der Waals surface area (Å²) in [5.74, 6) is -1.09. The molecule has 1 fully saturated rings. The molecular formula is C27H28F3NO4S. The number of aromatic carboxylic acids is 1. The third-order valence-electron chi connectivity index (χ3n) is 6.64. The zero-order valence-electron chi connectivity index (χ0n) is 20.3. The van der Waals surface area contributed by atoms with Gasteiger partial charge in [-0.05, 0) is 68.7 Å². The number of rotatable bonds is 6. The molecule has 1 aliphatic rings. The minimum Gasteiger partial charge on any atom is -0.477 e. The van der Waals surface area contributed by atoms with Gasteiger partial charge >= 0.3 is 12.3 Å². The number of ether oxygens (including phenoxy) is 1. The summed E-state index contributed by atoms with van der Waals surface area (Å²) in [5, 5.41) is 10.7. The molecule has 0 aliphatic heterocycles. The Bertz CT molecular complexity index is 1260. The fraction of sp³-hybridized carbons (Fsp3) is 0.407. The third-order valence-corrected chi connectivity index (χ3v) is 7.86. The number of alkyl halides is 3. The number of thiophene rings is 1. The van der Waals surface area contributed by atoms with Gasteiger partial charge in [-0.2, -0.15) is 0 Å². The van der Waals surface area contributed by atoms with Gasteiger partial charge in [-0.3, -0.25) is 4.79 Å². The second-order valence-corrected chi connectivity index (χ2v) is 10.6. The average molecular weight is 520 g/mol. The molecule has 0 radical (unpaired) electrons. The number of carboxylic acid groups (broad SMARTS) is 1. The molecule has 1 heterocycles. The second kappa shape index (κ2) is 10.1. The number of carbonyl (C=O) groups is 2. The monoisotopic (exact) mass is 519 g/mol. The van der Waals surface area contributed by atoms with Crippen LogP contribution in [0.15, 0.2) is 42.5 Å². The lowest BCUT2D eigenvalue weighted by molar-refractivity contribution is -0.274. The minimum absolute atomic E-state index is 0.0573. The van der Waals surface area contributed by atoms with Crippen molar-refractivity contribution in [2.75, 3.05) is 4.90 Å². The SMILES string of the molecule is CC1CCC(C(=O)N(c2c(C(=O)O)sc3c(-c4ccc(OC(F)(F)F)cc4)cccc23)C(C)C)CC1. The van der Waals surface area contributed by atoms with Crippen LogP contribution in [0.4, 0.5) is 18.9 Å². The van der Waals surface area contributed by atoms with E-state index in [2.05, 4.69) is 11.7 Å². The van der Waals surface area contributed by atoms with Crippen molar-refractivity contribution in [2.45, 2.75) is 58.9 Å². The Morgan fingerprint density at radius 1 is 1.06 bits per heavy atom. The molecule has 2 aromatic carbocycles. The molecule has 9 heteroatoms. The van der Waals surface area contributed by atoms with E-state index in [4.69, 9.17) is 0 Å². The van der Waals surface area contributed by atoms with E-state index in [1.54, 1.807) is 23.1 Å². The fourth-order valence-electron chi connectivity index (χ4n) is 4.88. The maximum absolute atomic E-state index is 13.7. The van der Waals surface area contributed by atoms with Crippen LogP contribution in [0.3, 0.4) is 0 Å². The topological polar surface area (TPSA) is 66.8 Å². The lowest BCUT2D eigenvalue weighted by Gasteiger charge is -2.33. The maximum Gasteiger partial charge on any atom is 0.573 e. The van der Waals surface area contributed by atoms with Crippen LogP contribution in [0.1, 0.15) is 56.1 Å². The number of hydrogen-bond acceptors (Lipinski definition) is 4. The normalized spacial score (nSPS) is 18.4. The van der Waals surface area contributed by atoms with E-state index in [9.17, 15) is 27.9 Å². The largest absolute Gasteiger partial charge is 0.573 e. The predicted octanol–water partition coefficient (Wildman–Crippen LogP) is 7.73. The van der Waals surface area contributed by atoms with Crippen molar-refractivity contribution in [1.29, 1.82) is 0 Å².